The van der Waals surface area contributed by atoms with E-state index in [-0.39, 0.29) is 6.10 Å². The first-order valence-electron chi connectivity index (χ1n) is 4.11. The van der Waals surface area contributed by atoms with E-state index >= 15 is 0 Å². The van der Waals surface area contributed by atoms with Gasteiger partial charge in [0.1, 0.15) is 6.10 Å². The summed E-state index contributed by atoms with van der Waals surface area (Å²) in [6.45, 7) is 1.59. The van der Waals surface area contributed by atoms with Gasteiger partial charge in [0.2, 0.25) is 0 Å². The second kappa shape index (κ2) is 2.57. The molecular formula is C10H10O3. The number of carbonyl (C=O) groups is 1. The van der Waals surface area contributed by atoms with Gasteiger partial charge in [-0.2, -0.15) is 0 Å². The summed E-state index contributed by atoms with van der Waals surface area (Å²) in [5, 5.41) is 8.82. The van der Waals surface area contributed by atoms with Gasteiger partial charge in [-0.3, -0.25) is 0 Å². The first-order valence-corrected chi connectivity index (χ1v) is 4.11. The minimum absolute atomic E-state index is 0.286. The van der Waals surface area contributed by atoms with Gasteiger partial charge in [0.15, 0.2) is 5.60 Å². The van der Waals surface area contributed by atoms with Crippen LogP contribution in [0.3, 0.4) is 0 Å². The molecule has 0 unspecified atom stereocenters. The van der Waals surface area contributed by atoms with Gasteiger partial charge in [-0.25, -0.2) is 4.79 Å². The number of benzene rings is 1. The van der Waals surface area contributed by atoms with Crippen molar-refractivity contribution in [2.24, 2.45) is 0 Å². The fourth-order valence-corrected chi connectivity index (χ4v) is 1.39. The summed E-state index contributed by atoms with van der Waals surface area (Å²) in [6.07, 6.45) is -0.286. The molecule has 1 aromatic rings. The van der Waals surface area contributed by atoms with Crippen LogP contribution < -0.4 is 0 Å². The molecule has 0 spiro atoms. The maximum atomic E-state index is 10.7. The topological polar surface area (TPSA) is 49.8 Å². The average molecular weight is 178 g/mol. The smallest absolute Gasteiger partial charge is 0.338 e. The molecular weight excluding hydrogens is 168 g/mol. The van der Waals surface area contributed by atoms with E-state index in [1.165, 1.54) is 0 Å². The summed E-state index contributed by atoms with van der Waals surface area (Å²) in [5.74, 6) is -0.902. The van der Waals surface area contributed by atoms with Crippen molar-refractivity contribution in [2.75, 3.05) is 0 Å². The molecule has 0 bridgehead atoms. The highest BCUT2D eigenvalue weighted by molar-refractivity contribution is 5.81. The number of carboxylic acid groups (broad SMARTS) is 1. The second-order valence-electron chi connectivity index (χ2n) is 3.32. The van der Waals surface area contributed by atoms with Crippen LogP contribution in [-0.2, 0) is 9.53 Å². The highest BCUT2D eigenvalue weighted by Crippen LogP contribution is 2.49. The molecule has 1 heterocycles. The summed E-state index contributed by atoms with van der Waals surface area (Å²) in [4.78, 5) is 10.7. The van der Waals surface area contributed by atoms with Gasteiger partial charge in [-0.05, 0) is 12.5 Å². The Morgan fingerprint density at radius 2 is 2.08 bits per heavy atom. The maximum Gasteiger partial charge on any atom is 0.338 e. The highest BCUT2D eigenvalue weighted by Gasteiger charge is 2.59. The number of carboxylic acids is 1. The standard InChI is InChI=1S/C10H10O3/c1-10(9(11)12)8(13-10)7-5-3-2-4-6-7/h2-6,8H,1H3,(H,11,12)/t8-,10-/m0/s1. The average Bonchev–Trinajstić information content (AvgIpc) is 2.81. The molecule has 1 aliphatic heterocycles. The number of epoxide rings is 1. The van der Waals surface area contributed by atoms with Crippen molar-refractivity contribution in [3.8, 4) is 0 Å². The molecule has 3 nitrogen and oxygen atoms in total. The van der Waals surface area contributed by atoms with Crippen molar-refractivity contribution >= 4 is 5.97 Å². The Morgan fingerprint density at radius 1 is 1.46 bits per heavy atom. The van der Waals surface area contributed by atoms with Crippen molar-refractivity contribution in [1.29, 1.82) is 0 Å². The molecule has 0 amide bonds. The van der Waals surface area contributed by atoms with Crippen LogP contribution in [0.15, 0.2) is 30.3 Å². The lowest BCUT2D eigenvalue weighted by Crippen LogP contribution is -2.20. The number of ether oxygens (including phenoxy) is 1. The first-order chi connectivity index (χ1) is 6.14. The summed E-state index contributed by atoms with van der Waals surface area (Å²) in [6, 6.07) is 9.39. The normalized spacial score (nSPS) is 31.3. The number of rotatable bonds is 2. The summed E-state index contributed by atoms with van der Waals surface area (Å²) >= 11 is 0. The van der Waals surface area contributed by atoms with Crippen molar-refractivity contribution in [3.05, 3.63) is 35.9 Å². The molecule has 1 N–H and O–H groups in total. The lowest BCUT2D eigenvalue weighted by Gasteiger charge is -1.98. The molecule has 0 radical (unpaired) electrons. The molecule has 68 valence electrons. The number of aliphatic carboxylic acids is 1. The minimum Gasteiger partial charge on any atom is -0.479 e. The van der Waals surface area contributed by atoms with Crippen LogP contribution in [-0.4, -0.2) is 16.7 Å². The molecule has 1 aliphatic rings. The summed E-state index contributed by atoms with van der Waals surface area (Å²) in [5.41, 5.74) is -0.0890. The van der Waals surface area contributed by atoms with Gasteiger partial charge in [0.25, 0.3) is 0 Å². The lowest BCUT2D eigenvalue weighted by molar-refractivity contribution is -0.142. The van der Waals surface area contributed by atoms with Gasteiger partial charge in [0.05, 0.1) is 0 Å². The van der Waals surface area contributed by atoms with E-state index in [9.17, 15) is 4.79 Å². The molecule has 1 aromatic carbocycles. The third-order valence-corrected chi connectivity index (χ3v) is 2.33. The molecule has 0 aliphatic carbocycles. The zero-order chi connectivity index (χ0) is 9.47. The second-order valence-corrected chi connectivity index (χ2v) is 3.32. The van der Waals surface area contributed by atoms with E-state index in [0.29, 0.717) is 0 Å². The van der Waals surface area contributed by atoms with Crippen LogP contribution in [0.4, 0.5) is 0 Å². The predicted molar refractivity (Wildman–Crippen MR) is 46.3 cm³/mol. The van der Waals surface area contributed by atoms with E-state index in [4.69, 9.17) is 9.84 Å². The van der Waals surface area contributed by atoms with Gasteiger partial charge in [-0.1, -0.05) is 30.3 Å². The van der Waals surface area contributed by atoms with Crippen LogP contribution in [0, 0.1) is 0 Å². The largest absolute Gasteiger partial charge is 0.479 e. The fraction of sp³-hybridized carbons (Fsp3) is 0.300. The Morgan fingerprint density at radius 3 is 2.54 bits per heavy atom. The van der Waals surface area contributed by atoms with Gasteiger partial charge < -0.3 is 9.84 Å². The quantitative estimate of drug-likeness (QED) is 0.700. The molecule has 0 saturated carbocycles. The van der Waals surface area contributed by atoms with Gasteiger partial charge in [0, 0.05) is 0 Å². The van der Waals surface area contributed by atoms with Gasteiger partial charge in [-0.15, -0.1) is 0 Å². The SMILES string of the molecule is C[C@]1(C(=O)O)O[C@H]1c1ccccc1. The van der Waals surface area contributed by atoms with E-state index in [2.05, 4.69) is 0 Å². The molecule has 2 rings (SSSR count). The Bertz CT molecular complexity index is 333. The minimum atomic E-state index is -1.01. The lowest BCUT2D eigenvalue weighted by atomic mass is 10.0. The van der Waals surface area contributed by atoms with Crippen LogP contribution in [0.25, 0.3) is 0 Å². The fourth-order valence-electron chi connectivity index (χ4n) is 1.39. The molecule has 1 fully saturated rings. The summed E-state index contributed by atoms with van der Waals surface area (Å²) in [7, 11) is 0. The molecule has 3 heteroatoms. The Balaban J connectivity index is 2.21. The zero-order valence-electron chi connectivity index (χ0n) is 7.23. The van der Waals surface area contributed by atoms with Crippen LogP contribution in [0.2, 0.25) is 0 Å². The highest BCUT2D eigenvalue weighted by atomic mass is 16.6. The first kappa shape index (κ1) is 8.26. The summed E-state index contributed by atoms with van der Waals surface area (Å²) < 4.78 is 5.15. The third kappa shape index (κ3) is 1.21. The molecule has 0 aromatic heterocycles. The van der Waals surface area contributed by atoms with E-state index in [1.807, 2.05) is 30.3 Å². The van der Waals surface area contributed by atoms with Crippen LogP contribution in [0.5, 0.6) is 0 Å². The zero-order valence-corrected chi connectivity index (χ0v) is 7.23. The van der Waals surface area contributed by atoms with Crippen LogP contribution in [0.1, 0.15) is 18.6 Å². The Kier molecular flexibility index (Phi) is 1.63. The Labute approximate surface area is 76.0 Å². The van der Waals surface area contributed by atoms with Crippen molar-refractivity contribution in [2.45, 2.75) is 18.6 Å². The monoisotopic (exact) mass is 178 g/mol. The Hall–Kier alpha value is -1.35. The van der Waals surface area contributed by atoms with Gasteiger partial charge >= 0.3 is 5.97 Å². The third-order valence-electron chi connectivity index (χ3n) is 2.33. The van der Waals surface area contributed by atoms with Crippen molar-refractivity contribution in [1.82, 2.24) is 0 Å². The maximum absolute atomic E-state index is 10.7. The number of hydrogen-bond acceptors (Lipinski definition) is 2. The molecule has 2 atom stereocenters. The molecule has 13 heavy (non-hydrogen) atoms. The van der Waals surface area contributed by atoms with Crippen LogP contribution >= 0.6 is 0 Å². The van der Waals surface area contributed by atoms with E-state index < -0.39 is 11.6 Å². The predicted octanol–water partition coefficient (Wildman–Crippen LogP) is 1.60. The number of hydrogen-bond donors (Lipinski definition) is 1. The van der Waals surface area contributed by atoms with E-state index in [1.54, 1.807) is 6.92 Å². The van der Waals surface area contributed by atoms with Crippen molar-refractivity contribution in [3.63, 3.8) is 0 Å². The molecule has 1 saturated heterocycles. The van der Waals surface area contributed by atoms with Crippen molar-refractivity contribution < 1.29 is 14.6 Å². The van der Waals surface area contributed by atoms with E-state index in [0.717, 1.165) is 5.56 Å².